The van der Waals surface area contributed by atoms with Crippen molar-refractivity contribution in [3.05, 3.63) is 48.6 Å². The Kier molecular flexibility index (Phi) is 40.1. The van der Waals surface area contributed by atoms with Crippen molar-refractivity contribution in [3.8, 4) is 0 Å². The number of allylic oxidation sites excluding steroid dienone is 8. The highest BCUT2D eigenvalue weighted by Crippen LogP contribution is 2.43. The van der Waals surface area contributed by atoms with Gasteiger partial charge in [0.15, 0.2) is 0 Å². The molecule has 1 N–H and O–H groups in total. The van der Waals surface area contributed by atoms with E-state index in [1.807, 2.05) is 21.1 Å². The Morgan fingerprint density at radius 1 is 0.561 bits per heavy atom. The van der Waals surface area contributed by atoms with Crippen LogP contribution in [0, 0.1) is 0 Å². The number of hydrogen-bond acceptors (Lipinski definition) is 6. The third kappa shape index (κ3) is 45.4. The van der Waals surface area contributed by atoms with Crippen LogP contribution in [0.2, 0.25) is 0 Å². The molecule has 0 saturated heterocycles. The predicted molar refractivity (Wildman–Crippen MR) is 243 cm³/mol. The second kappa shape index (κ2) is 41.2. The van der Waals surface area contributed by atoms with Gasteiger partial charge in [0.25, 0.3) is 0 Å². The van der Waals surface area contributed by atoms with Crippen LogP contribution in [0.3, 0.4) is 0 Å². The Labute approximate surface area is 352 Å². The topological polar surface area (TPSA) is 91.3 Å². The van der Waals surface area contributed by atoms with Gasteiger partial charge in [-0.2, -0.15) is 0 Å². The number of rotatable bonds is 43. The molecule has 0 aliphatic carbocycles. The molecule has 9 heteroatoms. The van der Waals surface area contributed by atoms with E-state index in [1.54, 1.807) is 0 Å². The third-order valence-corrected chi connectivity index (χ3v) is 10.9. The molecule has 334 valence electrons. The Morgan fingerprint density at radius 2 is 1.02 bits per heavy atom. The quantitative estimate of drug-likeness (QED) is 0.0215. The van der Waals surface area contributed by atoms with Gasteiger partial charge in [-0.25, -0.2) is 4.57 Å². The van der Waals surface area contributed by atoms with Crippen molar-refractivity contribution in [1.82, 2.24) is 0 Å². The molecule has 0 fully saturated rings. The summed E-state index contributed by atoms with van der Waals surface area (Å²) in [5.41, 5.74) is 0. The number of likely N-dealkylation sites (N-methyl/N-ethyl adjacent to an activating group) is 1. The van der Waals surface area contributed by atoms with Crippen LogP contribution in [0.4, 0.5) is 0 Å². The van der Waals surface area contributed by atoms with Gasteiger partial charge in [0, 0.05) is 13.0 Å². The third-order valence-electron chi connectivity index (χ3n) is 9.87. The zero-order valence-electron chi connectivity index (χ0n) is 37.8. The van der Waals surface area contributed by atoms with Crippen LogP contribution in [0.25, 0.3) is 0 Å². The Hall–Kier alpha value is -1.54. The summed E-state index contributed by atoms with van der Waals surface area (Å²) in [5.74, 6) is -0.321. The maximum absolute atomic E-state index is 12.7. The first kappa shape index (κ1) is 55.5. The number of unbranched alkanes of at least 4 members (excludes halogenated alkanes) is 21. The van der Waals surface area contributed by atoms with Crippen molar-refractivity contribution >= 4 is 13.8 Å². The summed E-state index contributed by atoms with van der Waals surface area (Å²) in [5, 5.41) is 0. The summed E-state index contributed by atoms with van der Waals surface area (Å²) in [7, 11) is 1.66. The maximum atomic E-state index is 12.7. The molecule has 0 aromatic carbocycles. The van der Waals surface area contributed by atoms with Crippen molar-refractivity contribution in [2.75, 3.05) is 54.1 Å². The molecule has 0 aliphatic rings. The summed E-state index contributed by atoms with van der Waals surface area (Å²) in [6.45, 7) is 5.50. The van der Waals surface area contributed by atoms with Crippen LogP contribution in [0.1, 0.15) is 194 Å². The molecular formula is C48H91NO7P+. The SMILES string of the molecule is CC/C=C\C/C=C\C/C=C\CCCCCCCCCCOCC(COP(=O)(O)OCC[N+](C)(C)C)OC(=O)CCCCCCCCC/C=C\CCCCCCCC. The van der Waals surface area contributed by atoms with E-state index in [4.69, 9.17) is 18.5 Å². The highest BCUT2D eigenvalue weighted by atomic mass is 31.2. The Morgan fingerprint density at radius 3 is 1.54 bits per heavy atom. The van der Waals surface area contributed by atoms with Gasteiger partial charge in [-0.05, 0) is 70.6 Å². The molecule has 0 radical (unpaired) electrons. The second-order valence-electron chi connectivity index (χ2n) is 16.8. The molecule has 0 bridgehead atoms. The summed E-state index contributed by atoms with van der Waals surface area (Å²) >= 11 is 0. The molecule has 0 spiro atoms. The lowest BCUT2D eigenvalue weighted by Crippen LogP contribution is -2.37. The minimum Gasteiger partial charge on any atom is -0.457 e. The van der Waals surface area contributed by atoms with Crippen LogP contribution in [0.15, 0.2) is 48.6 Å². The summed E-state index contributed by atoms with van der Waals surface area (Å²) in [6, 6.07) is 0. The monoisotopic (exact) mass is 825 g/mol. The number of quaternary nitrogens is 1. The molecule has 2 atom stereocenters. The molecule has 0 rings (SSSR count). The summed E-state index contributed by atoms with van der Waals surface area (Å²) in [6.07, 6.45) is 50.0. The molecule has 2 unspecified atom stereocenters. The fourth-order valence-corrected chi connectivity index (χ4v) is 7.01. The van der Waals surface area contributed by atoms with E-state index >= 15 is 0 Å². The summed E-state index contributed by atoms with van der Waals surface area (Å²) in [4.78, 5) is 22.9. The lowest BCUT2D eigenvalue weighted by Gasteiger charge is -2.24. The van der Waals surface area contributed by atoms with Crippen molar-refractivity contribution < 1.29 is 37.3 Å². The lowest BCUT2D eigenvalue weighted by molar-refractivity contribution is -0.870. The van der Waals surface area contributed by atoms with Gasteiger partial charge in [0.2, 0.25) is 0 Å². The van der Waals surface area contributed by atoms with Crippen molar-refractivity contribution in [2.24, 2.45) is 0 Å². The van der Waals surface area contributed by atoms with E-state index in [9.17, 15) is 14.3 Å². The van der Waals surface area contributed by atoms with Gasteiger partial charge >= 0.3 is 13.8 Å². The van der Waals surface area contributed by atoms with Gasteiger partial charge in [0.1, 0.15) is 19.3 Å². The largest absolute Gasteiger partial charge is 0.472 e. The number of hydrogen-bond donors (Lipinski definition) is 1. The predicted octanol–water partition coefficient (Wildman–Crippen LogP) is 13.9. The lowest BCUT2D eigenvalue weighted by atomic mass is 10.1. The first-order valence-electron chi connectivity index (χ1n) is 23.4. The van der Waals surface area contributed by atoms with Gasteiger partial charge in [0.05, 0.1) is 34.4 Å². The minimum atomic E-state index is -4.28. The smallest absolute Gasteiger partial charge is 0.457 e. The van der Waals surface area contributed by atoms with E-state index < -0.39 is 13.9 Å². The fourth-order valence-electron chi connectivity index (χ4n) is 6.27. The van der Waals surface area contributed by atoms with Crippen LogP contribution in [0.5, 0.6) is 0 Å². The van der Waals surface area contributed by atoms with Crippen molar-refractivity contribution in [3.63, 3.8) is 0 Å². The zero-order valence-corrected chi connectivity index (χ0v) is 38.7. The number of phosphoric acid groups is 1. The van der Waals surface area contributed by atoms with E-state index in [-0.39, 0.29) is 25.8 Å². The Bertz CT molecular complexity index is 1050. The molecular weight excluding hydrogens is 734 g/mol. The maximum Gasteiger partial charge on any atom is 0.472 e. The van der Waals surface area contributed by atoms with Gasteiger partial charge in [-0.15, -0.1) is 0 Å². The number of ether oxygens (including phenoxy) is 2. The summed E-state index contributed by atoms with van der Waals surface area (Å²) < 4.78 is 35.1. The van der Waals surface area contributed by atoms with E-state index in [1.165, 1.54) is 122 Å². The van der Waals surface area contributed by atoms with Crippen LogP contribution in [-0.4, -0.2) is 75.6 Å². The van der Waals surface area contributed by atoms with E-state index in [0.29, 0.717) is 24.1 Å². The first-order valence-corrected chi connectivity index (χ1v) is 24.9. The van der Waals surface area contributed by atoms with Crippen LogP contribution in [-0.2, 0) is 27.9 Å². The molecule has 0 heterocycles. The highest BCUT2D eigenvalue weighted by molar-refractivity contribution is 7.47. The first-order chi connectivity index (χ1) is 27.6. The molecule has 57 heavy (non-hydrogen) atoms. The molecule has 0 aromatic heterocycles. The van der Waals surface area contributed by atoms with Gasteiger partial charge < -0.3 is 18.9 Å². The van der Waals surface area contributed by atoms with Crippen molar-refractivity contribution in [2.45, 2.75) is 200 Å². The fraction of sp³-hybridized carbons (Fsp3) is 0.812. The Balaban J connectivity index is 4.21. The molecule has 8 nitrogen and oxygen atoms in total. The number of phosphoric ester groups is 1. The zero-order chi connectivity index (χ0) is 42.0. The number of carbonyl (C=O) groups excluding carboxylic acids is 1. The molecule has 0 aromatic rings. The van der Waals surface area contributed by atoms with Gasteiger partial charge in [-0.1, -0.05) is 165 Å². The minimum absolute atomic E-state index is 0.0851. The number of esters is 1. The van der Waals surface area contributed by atoms with Crippen molar-refractivity contribution in [1.29, 1.82) is 0 Å². The molecule has 0 aliphatic heterocycles. The van der Waals surface area contributed by atoms with E-state index in [0.717, 1.165) is 51.4 Å². The van der Waals surface area contributed by atoms with Crippen LogP contribution >= 0.6 is 7.82 Å². The van der Waals surface area contributed by atoms with Crippen LogP contribution < -0.4 is 0 Å². The molecule has 0 amide bonds. The normalized spacial score (nSPS) is 14.1. The van der Waals surface area contributed by atoms with Gasteiger partial charge in [-0.3, -0.25) is 13.8 Å². The standard InChI is InChI=1S/C48H90NO7P/c1-6-8-10-12-14-16-18-20-22-24-26-28-30-32-34-36-38-40-43-53-45-47(46-55-57(51,52)54-44-42-49(3,4)5)56-48(50)41-39-37-35-33-31-29-27-25-23-21-19-17-15-13-11-9-7-2/h8,10,14,16,20-23,47H,6-7,9,11-13,15,17-19,24-46H2,1-5H3/p+1/b10-8-,16-14-,22-20-,23-21-. The average Bonchev–Trinajstić information content (AvgIpc) is 3.16. The van der Waals surface area contributed by atoms with E-state index in [2.05, 4.69) is 62.5 Å². The average molecular weight is 825 g/mol. The number of nitrogens with zero attached hydrogens (tertiary/aromatic N) is 1. The second-order valence-corrected chi connectivity index (χ2v) is 18.2. The highest BCUT2D eigenvalue weighted by Gasteiger charge is 2.26. The number of carbonyl (C=O) groups is 1. The molecule has 0 saturated carbocycles.